The van der Waals surface area contributed by atoms with Gasteiger partial charge in [0.15, 0.2) is 5.82 Å². The number of rotatable bonds is 3. The SMILES string of the molecule is CC(C)Cc1nnnn1C1CCNCC1. The molecule has 0 radical (unpaired) electrons. The van der Waals surface area contributed by atoms with Crippen LogP contribution < -0.4 is 5.32 Å². The first kappa shape index (κ1) is 10.5. The molecule has 0 aliphatic carbocycles. The first-order valence-electron chi connectivity index (χ1n) is 5.75. The predicted molar refractivity (Wildman–Crippen MR) is 57.5 cm³/mol. The van der Waals surface area contributed by atoms with Crippen molar-refractivity contribution in [3.63, 3.8) is 0 Å². The van der Waals surface area contributed by atoms with Crippen molar-refractivity contribution < 1.29 is 0 Å². The van der Waals surface area contributed by atoms with Gasteiger partial charge in [0.2, 0.25) is 0 Å². The topological polar surface area (TPSA) is 55.6 Å². The third kappa shape index (κ3) is 2.53. The molecule has 5 nitrogen and oxygen atoms in total. The summed E-state index contributed by atoms with van der Waals surface area (Å²) < 4.78 is 2.03. The average Bonchev–Trinajstić information content (AvgIpc) is 2.66. The molecule has 1 fully saturated rings. The molecule has 0 bridgehead atoms. The Morgan fingerprint density at radius 1 is 1.40 bits per heavy atom. The van der Waals surface area contributed by atoms with E-state index >= 15 is 0 Å². The maximum absolute atomic E-state index is 4.12. The summed E-state index contributed by atoms with van der Waals surface area (Å²) in [5.74, 6) is 1.65. The number of nitrogens with zero attached hydrogens (tertiary/aromatic N) is 4. The molecule has 0 unspecified atom stereocenters. The Hall–Kier alpha value is -0.970. The third-order valence-electron chi connectivity index (χ3n) is 2.81. The number of piperidine rings is 1. The minimum Gasteiger partial charge on any atom is -0.317 e. The molecule has 1 aliphatic rings. The van der Waals surface area contributed by atoms with Crippen molar-refractivity contribution in [2.45, 2.75) is 39.2 Å². The van der Waals surface area contributed by atoms with Gasteiger partial charge in [-0.15, -0.1) is 5.10 Å². The highest BCUT2D eigenvalue weighted by atomic mass is 15.5. The summed E-state index contributed by atoms with van der Waals surface area (Å²) in [6.45, 7) is 6.54. The normalized spacial score (nSPS) is 18.6. The van der Waals surface area contributed by atoms with Crippen LogP contribution in [0.15, 0.2) is 0 Å². The number of aromatic nitrogens is 4. The minimum absolute atomic E-state index is 0.495. The molecule has 1 saturated heterocycles. The first-order valence-corrected chi connectivity index (χ1v) is 5.75. The maximum atomic E-state index is 4.12. The number of hydrogen-bond donors (Lipinski definition) is 1. The molecule has 15 heavy (non-hydrogen) atoms. The first-order chi connectivity index (χ1) is 7.27. The van der Waals surface area contributed by atoms with Crippen LogP contribution in [0.4, 0.5) is 0 Å². The van der Waals surface area contributed by atoms with Gasteiger partial charge in [-0.2, -0.15) is 0 Å². The summed E-state index contributed by atoms with van der Waals surface area (Å²) in [6.07, 6.45) is 3.24. The van der Waals surface area contributed by atoms with Crippen LogP contribution in [-0.2, 0) is 6.42 Å². The third-order valence-corrected chi connectivity index (χ3v) is 2.81. The van der Waals surface area contributed by atoms with Crippen molar-refractivity contribution in [3.8, 4) is 0 Å². The van der Waals surface area contributed by atoms with Crippen LogP contribution >= 0.6 is 0 Å². The highest BCUT2D eigenvalue weighted by Gasteiger charge is 2.19. The van der Waals surface area contributed by atoms with Crippen LogP contribution in [0.2, 0.25) is 0 Å². The maximum Gasteiger partial charge on any atom is 0.151 e. The van der Waals surface area contributed by atoms with E-state index in [9.17, 15) is 0 Å². The molecular formula is C10H19N5. The van der Waals surface area contributed by atoms with Gasteiger partial charge in [-0.3, -0.25) is 0 Å². The molecule has 1 N–H and O–H groups in total. The Morgan fingerprint density at radius 2 is 2.13 bits per heavy atom. The van der Waals surface area contributed by atoms with Gasteiger partial charge < -0.3 is 5.32 Å². The van der Waals surface area contributed by atoms with E-state index in [1.165, 1.54) is 0 Å². The van der Waals surface area contributed by atoms with E-state index in [0.717, 1.165) is 38.2 Å². The van der Waals surface area contributed by atoms with Crippen molar-refractivity contribution >= 4 is 0 Å². The van der Waals surface area contributed by atoms with Crippen molar-refractivity contribution in [3.05, 3.63) is 5.82 Å². The molecule has 1 aromatic heterocycles. The Balaban J connectivity index is 2.09. The van der Waals surface area contributed by atoms with E-state index < -0.39 is 0 Å². The van der Waals surface area contributed by atoms with Crippen molar-refractivity contribution in [2.75, 3.05) is 13.1 Å². The van der Waals surface area contributed by atoms with E-state index in [0.29, 0.717) is 12.0 Å². The predicted octanol–water partition coefficient (Wildman–Crippen LogP) is 0.796. The van der Waals surface area contributed by atoms with E-state index in [1.54, 1.807) is 0 Å². The van der Waals surface area contributed by atoms with Gasteiger partial charge in [-0.25, -0.2) is 4.68 Å². The summed E-state index contributed by atoms with van der Waals surface area (Å²) in [4.78, 5) is 0. The summed E-state index contributed by atoms with van der Waals surface area (Å²) in [5, 5.41) is 15.4. The number of hydrogen-bond acceptors (Lipinski definition) is 4. The lowest BCUT2D eigenvalue weighted by Gasteiger charge is -2.23. The van der Waals surface area contributed by atoms with Gasteiger partial charge in [0.25, 0.3) is 0 Å². The van der Waals surface area contributed by atoms with Gasteiger partial charge in [-0.1, -0.05) is 13.8 Å². The van der Waals surface area contributed by atoms with Crippen LogP contribution in [0.3, 0.4) is 0 Å². The summed E-state index contributed by atoms with van der Waals surface area (Å²) >= 11 is 0. The fourth-order valence-corrected chi connectivity index (χ4v) is 2.05. The molecular weight excluding hydrogens is 190 g/mol. The molecule has 0 spiro atoms. The van der Waals surface area contributed by atoms with E-state index in [-0.39, 0.29) is 0 Å². The fourth-order valence-electron chi connectivity index (χ4n) is 2.05. The number of tetrazole rings is 1. The lowest BCUT2D eigenvalue weighted by atomic mass is 10.1. The summed E-state index contributed by atoms with van der Waals surface area (Å²) in [7, 11) is 0. The van der Waals surface area contributed by atoms with Gasteiger partial charge in [0.1, 0.15) is 0 Å². The fraction of sp³-hybridized carbons (Fsp3) is 0.900. The second-order valence-electron chi connectivity index (χ2n) is 4.62. The highest BCUT2D eigenvalue weighted by molar-refractivity contribution is 4.87. The van der Waals surface area contributed by atoms with Crippen LogP contribution in [0, 0.1) is 5.92 Å². The molecule has 1 aliphatic heterocycles. The lowest BCUT2D eigenvalue weighted by Crippen LogP contribution is -2.30. The van der Waals surface area contributed by atoms with Crippen molar-refractivity contribution in [2.24, 2.45) is 5.92 Å². The monoisotopic (exact) mass is 209 g/mol. The molecule has 0 amide bonds. The zero-order valence-electron chi connectivity index (χ0n) is 9.48. The van der Waals surface area contributed by atoms with Gasteiger partial charge >= 0.3 is 0 Å². The van der Waals surface area contributed by atoms with Crippen LogP contribution in [-0.4, -0.2) is 33.3 Å². The van der Waals surface area contributed by atoms with Crippen LogP contribution in [0.25, 0.3) is 0 Å². The van der Waals surface area contributed by atoms with E-state index in [4.69, 9.17) is 0 Å². The minimum atomic E-state index is 0.495. The summed E-state index contributed by atoms with van der Waals surface area (Å²) in [5.41, 5.74) is 0. The Morgan fingerprint density at radius 3 is 2.80 bits per heavy atom. The standard InChI is InChI=1S/C10H19N5/c1-8(2)7-10-12-13-14-15(10)9-3-5-11-6-4-9/h8-9,11H,3-7H2,1-2H3. The zero-order valence-corrected chi connectivity index (χ0v) is 9.48. The highest BCUT2D eigenvalue weighted by Crippen LogP contribution is 2.19. The lowest BCUT2D eigenvalue weighted by molar-refractivity contribution is 0.326. The molecule has 2 rings (SSSR count). The number of nitrogens with one attached hydrogen (secondary N) is 1. The quantitative estimate of drug-likeness (QED) is 0.800. The van der Waals surface area contributed by atoms with Gasteiger partial charge in [0.05, 0.1) is 6.04 Å². The molecule has 0 atom stereocenters. The second-order valence-corrected chi connectivity index (χ2v) is 4.62. The van der Waals surface area contributed by atoms with Crippen LogP contribution in [0.5, 0.6) is 0 Å². The Kier molecular flexibility index (Phi) is 3.30. The van der Waals surface area contributed by atoms with Crippen molar-refractivity contribution in [1.29, 1.82) is 0 Å². The molecule has 1 aromatic rings. The molecule has 84 valence electrons. The second kappa shape index (κ2) is 4.70. The largest absolute Gasteiger partial charge is 0.317 e. The van der Waals surface area contributed by atoms with E-state index in [2.05, 4.69) is 34.7 Å². The van der Waals surface area contributed by atoms with Gasteiger partial charge in [-0.05, 0) is 42.3 Å². The average molecular weight is 209 g/mol. The van der Waals surface area contributed by atoms with Crippen molar-refractivity contribution in [1.82, 2.24) is 25.5 Å². The summed E-state index contributed by atoms with van der Waals surface area (Å²) in [6, 6.07) is 0.495. The molecule has 5 heteroatoms. The van der Waals surface area contributed by atoms with Crippen LogP contribution in [0.1, 0.15) is 38.6 Å². The zero-order chi connectivity index (χ0) is 10.7. The molecule has 0 saturated carbocycles. The Labute approximate surface area is 90.2 Å². The van der Waals surface area contributed by atoms with E-state index in [1.807, 2.05) is 4.68 Å². The van der Waals surface area contributed by atoms with Gasteiger partial charge in [0, 0.05) is 6.42 Å². The Bertz CT molecular complexity index is 301. The molecule has 0 aromatic carbocycles. The smallest absolute Gasteiger partial charge is 0.151 e. The molecule has 2 heterocycles.